The number of likely N-dealkylation sites (N-methyl/N-ethyl adjacent to an activating group) is 1. The second-order valence-corrected chi connectivity index (χ2v) is 26.3. The van der Waals surface area contributed by atoms with Gasteiger partial charge >= 0.3 is 0 Å². The Morgan fingerprint density at radius 1 is 0.436 bits per heavy atom. The predicted molar refractivity (Wildman–Crippen MR) is 339 cm³/mol. The second-order valence-electron chi connectivity index (χ2n) is 24.9. The van der Waals surface area contributed by atoms with Crippen LogP contribution in [0.25, 0.3) is 0 Å². The van der Waals surface area contributed by atoms with Crippen LogP contribution in [0.2, 0.25) is 0 Å². The summed E-state index contributed by atoms with van der Waals surface area (Å²) >= 11 is 0. The van der Waals surface area contributed by atoms with E-state index in [1.54, 1.807) is 6.08 Å². The van der Waals surface area contributed by atoms with Crippen molar-refractivity contribution < 1.29 is 32.9 Å². The molecule has 8 nitrogen and oxygen atoms in total. The number of carbonyl (C=O) groups is 1. The lowest BCUT2D eigenvalue weighted by Gasteiger charge is -2.29. The summed E-state index contributed by atoms with van der Waals surface area (Å²) in [6.07, 6.45) is 79.9. The van der Waals surface area contributed by atoms with E-state index < -0.39 is 20.0 Å². The van der Waals surface area contributed by atoms with Gasteiger partial charge in [0.15, 0.2) is 0 Å². The lowest BCUT2D eigenvalue weighted by Crippen LogP contribution is -2.45. The molecule has 0 aliphatic heterocycles. The van der Waals surface area contributed by atoms with Gasteiger partial charge in [-0.1, -0.05) is 320 Å². The van der Waals surface area contributed by atoms with E-state index in [-0.39, 0.29) is 19.1 Å². The Morgan fingerprint density at radius 2 is 0.718 bits per heavy atom. The minimum atomic E-state index is -4.61. The van der Waals surface area contributed by atoms with Crippen LogP contribution in [-0.2, 0) is 18.4 Å². The van der Waals surface area contributed by atoms with E-state index in [0.29, 0.717) is 17.4 Å². The number of allylic oxidation sites excluding steroid dienone is 5. The van der Waals surface area contributed by atoms with E-state index in [2.05, 4.69) is 43.5 Å². The minimum Gasteiger partial charge on any atom is -0.756 e. The Bertz CT molecular complexity index is 1360. The molecule has 1 amide bonds. The molecule has 3 unspecified atom stereocenters. The third-order valence-corrected chi connectivity index (χ3v) is 16.8. The molecule has 78 heavy (non-hydrogen) atoms. The molecule has 2 N–H and O–H groups in total. The number of nitrogens with one attached hydrogen (secondary N) is 1. The molecule has 0 rings (SSSR count). The predicted octanol–water partition coefficient (Wildman–Crippen LogP) is 21.0. The van der Waals surface area contributed by atoms with E-state index in [0.717, 1.165) is 38.5 Å². The Hall–Kier alpha value is -1.28. The summed E-state index contributed by atoms with van der Waals surface area (Å²) in [5.41, 5.74) is 0. The molecule has 0 radical (unpaired) electrons. The number of aliphatic hydroxyl groups excluding tert-OH is 1. The molecule has 0 bridgehead atoms. The third-order valence-electron chi connectivity index (χ3n) is 15.8. The van der Waals surface area contributed by atoms with Gasteiger partial charge in [0.2, 0.25) is 5.91 Å². The molecule has 9 heteroatoms. The van der Waals surface area contributed by atoms with Crippen molar-refractivity contribution in [2.75, 3.05) is 40.9 Å². The van der Waals surface area contributed by atoms with Crippen LogP contribution >= 0.6 is 7.82 Å². The molecule has 0 spiro atoms. The van der Waals surface area contributed by atoms with Gasteiger partial charge in [-0.25, -0.2) is 0 Å². The number of phosphoric acid groups is 1. The number of unbranched alkanes of at least 4 members (excludes halogenated alkanes) is 47. The van der Waals surface area contributed by atoms with E-state index in [1.807, 2.05) is 27.2 Å². The summed E-state index contributed by atoms with van der Waals surface area (Å²) in [4.78, 5) is 25.6. The number of aliphatic hydroxyl groups is 1. The lowest BCUT2D eigenvalue weighted by atomic mass is 10.0. The number of hydrogen-bond donors (Lipinski definition) is 2. The van der Waals surface area contributed by atoms with Gasteiger partial charge in [0.05, 0.1) is 39.9 Å². The molecule has 0 fully saturated rings. The fourth-order valence-corrected chi connectivity index (χ4v) is 11.2. The van der Waals surface area contributed by atoms with Crippen LogP contribution in [0.5, 0.6) is 0 Å². The Morgan fingerprint density at radius 3 is 1.04 bits per heavy atom. The monoisotopic (exact) mass is 1120 g/mol. The summed E-state index contributed by atoms with van der Waals surface area (Å²) in [5, 5.41) is 13.9. The molecule has 0 aromatic rings. The number of phosphoric ester groups is 1. The fourth-order valence-electron chi connectivity index (χ4n) is 10.5. The van der Waals surface area contributed by atoms with Crippen LogP contribution in [0.1, 0.15) is 348 Å². The molecule has 462 valence electrons. The number of quaternary nitrogens is 1. The fraction of sp³-hybridized carbons (Fsp3) is 0.899. The van der Waals surface area contributed by atoms with Crippen molar-refractivity contribution in [2.24, 2.45) is 0 Å². The van der Waals surface area contributed by atoms with Crippen molar-refractivity contribution in [3.63, 3.8) is 0 Å². The Kier molecular flexibility index (Phi) is 59.3. The lowest BCUT2D eigenvalue weighted by molar-refractivity contribution is -0.870. The minimum absolute atomic E-state index is 0.00469. The van der Waals surface area contributed by atoms with Crippen molar-refractivity contribution in [3.8, 4) is 0 Å². The third kappa shape index (κ3) is 62.3. The zero-order valence-electron chi connectivity index (χ0n) is 52.9. The largest absolute Gasteiger partial charge is 0.756 e. The molecule has 0 aliphatic rings. The van der Waals surface area contributed by atoms with E-state index in [9.17, 15) is 19.4 Å². The maximum atomic E-state index is 13.0. The van der Waals surface area contributed by atoms with Gasteiger partial charge in [0.25, 0.3) is 7.82 Å². The zero-order valence-corrected chi connectivity index (χ0v) is 53.8. The average molecular weight is 1120 g/mol. The standard InChI is InChI=1S/C69H135N2O6P/c1-6-8-10-12-14-16-18-20-22-24-26-28-30-31-32-33-34-35-36-37-38-39-41-43-45-47-49-51-53-55-57-59-61-63-69(73)70-67(66-77-78(74,75)76-65-64-71(3,4)5)68(72)62-60-58-56-54-52-50-48-46-44-42-40-29-27-25-23-21-19-17-15-13-11-9-7-2/h31-32,52,54,60,62,67-68,72H,6-30,33-51,53,55-59,61,63-66H2,1-5H3,(H-,70,73,74,75)/b32-31-,54-52+,62-60+. The van der Waals surface area contributed by atoms with Gasteiger partial charge in [-0.05, 0) is 57.8 Å². The molecule has 0 saturated carbocycles. The first-order valence-corrected chi connectivity index (χ1v) is 35.8. The first kappa shape index (κ1) is 76.7. The van der Waals surface area contributed by atoms with Crippen molar-refractivity contribution in [2.45, 2.75) is 360 Å². The summed E-state index contributed by atoms with van der Waals surface area (Å²) in [6.45, 7) is 4.68. The van der Waals surface area contributed by atoms with Crippen molar-refractivity contribution in [1.82, 2.24) is 5.32 Å². The van der Waals surface area contributed by atoms with Crippen molar-refractivity contribution >= 4 is 13.7 Å². The second kappa shape index (κ2) is 60.3. The smallest absolute Gasteiger partial charge is 0.268 e. The van der Waals surface area contributed by atoms with Gasteiger partial charge in [0, 0.05) is 6.42 Å². The zero-order chi connectivity index (χ0) is 57.0. The summed E-state index contributed by atoms with van der Waals surface area (Å²) < 4.78 is 23.4. The molecular weight excluding hydrogens is 984 g/mol. The van der Waals surface area contributed by atoms with Gasteiger partial charge in [0.1, 0.15) is 13.2 Å². The van der Waals surface area contributed by atoms with Crippen LogP contribution in [-0.4, -0.2) is 68.5 Å². The molecule has 0 heterocycles. The number of rotatable bonds is 64. The van der Waals surface area contributed by atoms with Gasteiger partial charge in [-0.2, -0.15) is 0 Å². The van der Waals surface area contributed by atoms with E-state index in [4.69, 9.17) is 9.05 Å². The van der Waals surface area contributed by atoms with Crippen LogP contribution in [0.3, 0.4) is 0 Å². The Labute approximate surface area is 487 Å². The average Bonchev–Trinajstić information content (AvgIpc) is 3.41. The molecule has 0 saturated heterocycles. The molecule has 3 atom stereocenters. The highest BCUT2D eigenvalue weighted by Gasteiger charge is 2.23. The highest BCUT2D eigenvalue weighted by Crippen LogP contribution is 2.38. The number of carbonyl (C=O) groups excluding carboxylic acids is 1. The summed E-state index contributed by atoms with van der Waals surface area (Å²) in [7, 11) is 1.26. The van der Waals surface area contributed by atoms with Crippen LogP contribution < -0.4 is 10.2 Å². The maximum absolute atomic E-state index is 13.0. The molecule has 0 aromatic heterocycles. The first-order valence-electron chi connectivity index (χ1n) is 34.4. The molecule has 0 aliphatic carbocycles. The van der Waals surface area contributed by atoms with Crippen LogP contribution in [0.4, 0.5) is 0 Å². The van der Waals surface area contributed by atoms with Gasteiger partial charge in [-0.15, -0.1) is 0 Å². The topological polar surface area (TPSA) is 108 Å². The summed E-state index contributed by atoms with van der Waals surface area (Å²) in [5.74, 6) is -0.201. The highest BCUT2D eigenvalue weighted by atomic mass is 31.2. The van der Waals surface area contributed by atoms with E-state index >= 15 is 0 Å². The number of hydrogen-bond acceptors (Lipinski definition) is 6. The van der Waals surface area contributed by atoms with Crippen LogP contribution in [0.15, 0.2) is 36.5 Å². The molecule has 0 aromatic carbocycles. The van der Waals surface area contributed by atoms with Crippen molar-refractivity contribution in [1.29, 1.82) is 0 Å². The Balaban J connectivity index is 4.06. The van der Waals surface area contributed by atoms with Gasteiger partial charge < -0.3 is 28.8 Å². The SMILES string of the molecule is CCCCCCCCCCCCCC/C=C\CCCCCCCCCCCCCCCCCCCC(=O)NC(COP(=O)([O-])OCC[N+](C)(C)C)C(O)/C=C/CC/C=C/CCCCCCCCCCCCCCCCCCC. The normalized spacial score (nSPS) is 13.9. The number of nitrogens with zero attached hydrogens (tertiary/aromatic N) is 1. The quantitative estimate of drug-likeness (QED) is 0.0272. The first-order chi connectivity index (χ1) is 38.0. The van der Waals surface area contributed by atoms with Crippen molar-refractivity contribution in [3.05, 3.63) is 36.5 Å². The number of amides is 1. The maximum Gasteiger partial charge on any atom is 0.268 e. The highest BCUT2D eigenvalue weighted by molar-refractivity contribution is 7.45. The van der Waals surface area contributed by atoms with Gasteiger partial charge in [-0.3, -0.25) is 9.36 Å². The van der Waals surface area contributed by atoms with E-state index in [1.165, 1.54) is 289 Å². The van der Waals surface area contributed by atoms with Crippen LogP contribution in [0, 0.1) is 0 Å². The summed E-state index contributed by atoms with van der Waals surface area (Å²) in [6, 6.07) is -0.903. The molecular formula is C69H135N2O6P.